The number of thioether (sulfide) groups is 1. The number of para-hydroxylation sites is 1. The molecule has 0 spiro atoms. The summed E-state index contributed by atoms with van der Waals surface area (Å²) in [6.45, 7) is 4.82. The van der Waals surface area contributed by atoms with Crippen LogP contribution in [0.4, 0.5) is 0 Å². The summed E-state index contributed by atoms with van der Waals surface area (Å²) in [5.41, 5.74) is 3.59. The Morgan fingerprint density at radius 2 is 1.87 bits per heavy atom. The Morgan fingerprint density at radius 1 is 1.10 bits per heavy atom. The number of fused-ring (bicyclic) bond motifs is 1. The van der Waals surface area contributed by atoms with E-state index in [2.05, 4.69) is 5.32 Å². The topological polar surface area (TPSA) is 64.0 Å². The van der Waals surface area contributed by atoms with Gasteiger partial charge in [-0.2, -0.15) is 0 Å². The lowest BCUT2D eigenvalue weighted by Gasteiger charge is -2.21. The van der Waals surface area contributed by atoms with Crippen LogP contribution in [0.5, 0.6) is 0 Å². The van der Waals surface area contributed by atoms with Crippen molar-refractivity contribution < 1.29 is 4.79 Å². The lowest BCUT2D eigenvalue weighted by Crippen LogP contribution is -2.31. The Morgan fingerprint density at radius 3 is 2.65 bits per heavy atom. The molecule has 0 radical (unpaired) electrons. The molecule has 0 unspecified atom stereocenters. The predicted molar refractivity (Wildman–Crippen MR) is 127 cm³/mol. The zero-order valence-corrected chi connectivity index (χ0v) is 19.0. The molecular weight excluding hydrogens is 406 g/mol. The molecule has 3 aromatic rings. The van der Waals surface area contributed by atoms with Gasteiger partial charge in [0, 0.05) is 6.54 Å². The maximum Gasteiger partial charge on any atom is 0.266 e. The van der Waals surface area contributed by atoms with Gasteiger partial charge in [-0.15, -0.1) is 0 Å². The van der Waals surface area contributed by atoms with E-state index in [0.717, 1.165) is 17.8 Å². The van der Waals surface area contributed by atoms with E-state index < -0.39 is 0 Å². The summed E-state index contributed by atoms with van der Waals surface area (Å²) in [5.74, 6) is 0.822. The van der Waals surface area contributed by atoms with E-state index in [1.165, 1.54) is 49.4 Å². The molecule has 0 aliphatic heterocycles. The molecule has 1 saturated carbocycles. The maximum atomic E-state index is 13.3. The van der Waals surface area contributed by atoms with Gasteiger partial charge < -0.3 is 5.32 Å². The lowest BCUT2D eigenvalue weighted by atomic mass is 9.89. The van der Waals surface area contributed by atoms with Crippen LogP contribution >= 0.6 is 11.8 Å². The van der Waals surface area contributed by atoms with E-state index in [1.54, 1.807) is 10.6 Å². The first-order valence-corrected chi connectivity index (χ1v) is 12.0. The Hall–Kier alpha value is -2.60. The fraction of sp³-hybridized carbons (Fsp3) is 0.400. The normalized spacial score (nSPS) is 14.6. The number of nitrogens with zero attached hydrogens (tertiary/aromatic N) is 2. The van der Waals surface area contributed by atoms with E-state index in [1.807, 2.05) is 50.2 Å². The van der Waals surface area contributed by atoms with Crippen molar-refractivity contribution in [3.05, 3.63) is 63.9 Å². The van der Waals surface area contributed by atoms with Gasteiger partial charge in [-0.1, -0.05) is 49.2 Å². The fourth-order valence-electron chi connectivity index (χ4n) is 4.13. The quantitative estimate of drug-likeness (QED) is 0.447. The number of aryl methyl sites for hydroxylation is 2. The smallest absolute Gasteiger partial charge is 0.266 e. The molecular formula is C25H29N3O2S. The van der Waals surface area contributed by atoms with Crippen LogP contribution in [0.2, 0.25) is 0 Å². The summed E-state index contributed by atoms with van der Waals surface area (Å²) < 4.78 is 1.63. The molecule has 1 aliphatic rings. The zero-order valence-electron chi connectivity index (χ0n) is 18.2. The summed E-state index contributed by atoms with van der Waals surface area (Å²) >= 11 is 1.32. The van der Waals surface area contributed by atoms with Crippen molar-refractivity contribution in [3.8, 4) is 5.69 Å². The highest BCUT2D eigenvalue weighted by atomic mass is 32.2. The minimum Gasteiger partial charge on any atom is -0.355 e. The van der Waals surface area contributed by atoms with Crippen LogP contribution in [0.3, 0.4) is 0 Å². The first-order chi connectivity index (χ1) is 15.0. The van der Waals surface area contributed by atoms with E-state index in [9.17, 15) is 9.59 Å². The van der Waals surface area contributed by atoms with E-state index in [-0.39, 0.29) is 17.2 Å². The van der Waals surface area contributed by atoms with Gasteiger partial charge in [0.25, 0.3) is 5.56 Å². The number of amides is 1. The van der Waals surface area contributed by atoms with Crippen LogP contribution in [0, 0.1) is 19.8 Å². The van der Waals surface area contributed by atoms with Crippen molar-refractivity contribution in [2.24, 2.45) is 5.92 Å². The zero-order chi connectivity index (χ0) is 21.8. The molecule has 0 bridgehead atoms. The highest BCUT2D eigenvalue weighted by Crippen LogP contribution is 2.24. The van der Waals surface area contributed by atoms with Crippen LogP contribution in [0.1, 0.15) is 43.2 Å². The van der Waals surface area contributed by atoms with E-state index >= 15 is 0 Å². The summed E-state index contributed by atoms with van der Waals surface area (Å²) in [7, 11) is 0. The summed E-state index contributed by atoms with van der Waals surface area (Å²) in [5, 5.41) is 4.19. The fourth-order valence-corrected chi connectivity index (χ4v) is 4.97. The number of carbonyl (C=O) groups excluding carboxylic acids is 1. The van der Waals surface area contributed by atoms with Crippen LogP contribution in [-0.2, 0) is 4.79 Å². The standard InChI is InChI=1S/C25H29N3O2S/c1-17-12-13-20(14-18(17)2)28-24(30)21-10-6-7-11-22(21)27-25(28)31-16-23(29)26-15-19-8-4-3-5-9-19/h6-7,10-14,19H,3-5,8-9,15-16H2,1-2H3,(H,26,29). The van der Waals surface area contributed by atoms with Crippen molar-refractivity contribution >= 4 is 28.6 Å². The highest BCUT2D eigenvalue weighted by molar-refractivity contribution is 7.99. The van der Waals surface area contributed by atoms with Gasteiger partial charge in [0.05, 0.1) is 22.3 Å². The van der Waals surface area contributed by atoms with Crippen LogP contribution < -0.4 is 10.9 Å². The average molecular weight is 436 g/mol. The van der Waals surface area contributed by atoms with Crippen LogP contribution in [-0.4, -0.2) is 27.8 Å². The molecule has 1 amide bonds. The maximum absolute atomic E-state index is 13.3. The second-order valence-electron chi connectivity index (χ2n) is 8.42. The van der Waals surface area contributed by atoms with Gasteiger partial charge in [0.2, 0.25) is 5.91 Å². The van der Waals surface area contributed by atoms with Gasteiger partial charge in [-0.25, -0.2) is 4.98 Å². The number of hydrogen-bond acceptors (Lipinski definition) is 4. The minimum absolute atomic E-state index is 0.00961. The SMILES string of the molecule is Cc1ccc(-n2c(SCC(=O)NCC3CCCCC3)nc3ccccc3c2=O)cc1C. The van der Waals surface area contributed by atoms with Crippen molar-refractivity contribution in [2.45, 2.75) is 51.1 Å². The summed E-state index contributed by atoms with van der Waals surface area (Å²) in [6.07, 6.45) is 6.24. The molecule has 162 valence electrons. The van der Waals surface area contributed by atoms with Gasteiger partial charge in [0.1, 0.15) is 0 Å². The van der Waals surface area contributed by atoms with Gasteiger partial charge in [-0.05, 0) is 68.0 Å². The third-order valence-corrected chi connectivity index (χ3v) is 7.08. The number of nitrogens with one attached hydrogen (secondary N) is 1. The van der Waals surface area contributed by atoms with E-state index in [0.29, 0.717) is 22.0 Å². The summed E-state index contributed by atoms with van der Waals surface area (Å²) in [6, 6.07) is 13.3. The molecule has 1 heterocycles. The monoisotopic (exact) mass is 435 g/mol. The minimum atomic E-state index is -0.112. The molecule has 4 rings (SSSR count). The number of benzene rings is 2. The molecule has 5 nitrogen and oxygen atoms in total. The van der Waals surface area contributed by atoms with Crippen LogP contribution in [0.15, 0.2) is 52.4 Å². The summed E-state index contributed by atoms with van der Waals surface area (Å²) in [4.78, 5) is 30.6. The molecule has 1 aliphatic carbocycles. The predicted octanol–water partition coefficient (Wildman–Crippen LogP) is 4.79. The second-order valence-corrected chi connectivity index (χ2v) is 9.36. The molecule has 1 N–H and O–H groups in total. The molecule has 0 saturated heterocycles. The van der Waals surface area contributed by atoms with Crippen molar-refractivity contribution in [3.63, 3.8) is 0 Å². The Balaban J connectivity index is 1.59. The van der Waals surface area contributed by atoms with Gasteiger partial charge in [-0.3, -0.25) is 14.2 Å². The Kier molecular flexibility index (Phi) is 6.76. The number of carbonyl (C=O) groups is 1. The number of hydrogen-bond donors (Lipinski definition) is 1. The van der Waals surface area contributed by atoms with Gasteiger partial charge in [0.15, 0.2) is 5.16 Å². The lowest BCUT2D eigenvalue weighted by molar-refractivity contribution is -0.118. The third kappa shape index (κ3) is 5.01. The molecule has 1 fully saturated rings. The van der Waals surface area contributed by atoms with Crippen molar-refractivity contribution in [2.75, 3.05) is 12.3 Å². The van der Waals surface area contributed by atoms with Crippen molar-refractivity contribution in [1.29, 1.82) is 0 Å². The van der Waals surface area contributed by atoms with Crippen LogP contribution in [0.25, 0.3) is 16.6 Å². The Bertz CT molecular complexity index is 1150. The van der Waals surface area contributed by atoms with Crippen molar-refractivity contribution in [1.82, 2.24) is 14.9 Å². The number of rotatable bonds is 6. The third-order valence-electron chi connectivity index (χ3n) is 6.14. The highest BCUT2D eigenvalue weighted by Gasteiger charge is 2.17. The number of aromatic nitrogens is 2. The molecule has 31 heavy (non-hydrogen) atoms. The van der Waals surface area contributed by atoms with Gasteiger partial charge >= 0.3 is 0 Å². The first-order valence-electron chi connectivity index (χ1n) is 11.0. The molecule has 1 aromatic heterocycles. The average Bonchev–Trinajstić information content (AvgIpc) is 2.79. The molecule has 6 heteroatoms. The first kappa shape index (κ1) is 21.6. The van der Waals surface area contributed by atoms with E-state index in [4.69, 9.17) is 4.98 Å². The second kappa shape index (κ2) is 9.69. The molecule has 0 atom stereocenters. The largest absolute Gasteiger partial charge is 0.355 e. The Labute approximate surface area is 187 Å². The molecule has 2 aromatic carbocycles.